The maximum atomic E-state index is 4.23. The van der Waals surface area contributed by atoms with Crippen molar-refractivity contribution in [3.63, 3.8) is 0 Å². The molecule has 15 heavy (non-hydrogen) atoms. The van der Waals surface area contributed by atoms with Crippen LogP contribution in [-0.2, 0) is 6.42 Å². The molecule has 0 spiro atoms. The molecule has 0 fully saturated rings. The Labute approximate surface area is 96.1 Å². The Kier molecular flexibility index (Phi) is 5.47. The van der Waals surface area contributed by atoms with Crippen LogP contribution in [0.2, 0.25) is 0 Å². The average molecular weight is 225 g/mol. The molecule has 0 aliphatic carbocycles. The summed E-state index contributed by atoms with van der Waals surface area (Å²) in [6.07, 6.45) is 5.83. The largest absolute Gasteiger partial charge is 0.366 e. The van der Waals surface area contributed by atoms with Crippen molar-refractivity contribution in [1.82, 2.24) is 9.97 Å². The van der Waals surface area contributed by atoms with Gasteiger partial charge in [0.1, 0.15) is 12.1 Å². The molecule has 0 aliphatic rings. The number of hydrogen-bond acceptors (Lipinski definition) is 4. The first kappa shape index (κ1) is 12.3. The Morgan fingerprint density at radius 2 is 2.20 bits per heavy atom. The summed E-state index contributed by atoms with van der Waals surface area (Å²) in [5.74, 6) is 2.06. The van der Waals surface area contributed by atoms with Gasteiger partial charge in [0, 0.05) is 23.6 Å². The molecule has 84 valence electrons. The number of anilines is 1. The normalized spacial score (nSPS) is 12.5. The molecule has 0 aromatic carbocycles. The predicted octanol–water partition coefficient (Wildman–Crippen LogP) is 2.59. The third-order valence-corrected chi connectivity index (χ3v) is 3.03. The summed E-state index contributed by atoms with van der Waals surface area (Å²) in [4.78, 5) is 8.41. The van der Waals surface area contributed by atoms with E-state index < -0.39 is 0 Å². The Morgan fingerprint density at radius 1 is 1.40 bits per heavy atom. The molecule has 1 heterocycles. The minimum atomic E-state index is 0.500. The van der Waals surface area contributed by atoms with E-state index in [1.807, 2.05) is 17.8 Å². The van der Waals surface area contributed by atoms with E-state index in [1.165, 1.54) is 0 Å². The lowest BCUT2D eigenvalue weighted by Gasteiger charge is -2.16. The molecule has 0 radical (unpaired) electrons. The summed E-state index contributed by atoms with van der Waals surface area (Å²) in [7, 11) is 0. The minimum Gasteiger partial charge on any atom is -0.366 e. The number of thioether (sulfide) groups is 1. The number of hydrogen-bond donors (Lipinski definition) is 1. The van der Waals surface area contributed by atoms with Crippen molar-refractivity contribution in [1.29, 1.82) is 0 Å². The Morgan fingerprint density at radius 3 is 2.80 bits per heavy atom. The first-order chi connectivity index (χ1) is 7.30. The van der Waals surface area contributed by atoms with Gasteiger partial charge in [0.25, 0.3) is 0 Å². The first-order valence-corrected chi connectivity index (χ1v) is 6.75. The molecule has 1 atom stereocenters. The van der Waals surface area contributed by atoms with Crippen molar-refractivity contribution in [2.75, 3.05) is 17.3 Å². The van der Waals surface area contributed by atoms with E-state index in [-0.39, 0.29) is 0 Å². The molecule has 3 nitrogen and oxygen atoms in total. The van der Waals surface area contributed by atoms with Gasteiger partial charge in [-0.25, -0.2) is 9.97 Å². The zero-order valence-corrected chi connectivity index (χ0v) is 10.5. The lowest BCUT2D eigenvalue weighted by molar-refractivity contribution is 0.768. The van der Waals surface area contributed by atoms with Crippen molar-refractivity contribution in [3.8, 4) is 0 Å². The predicted molar refractivity (Wildman–Crippen MR) is 67.5 cm³/mol. The molecular formula is C11H19N3S. The number of nitrogens with zero attached hydrogens (tertiary/aromatic N) is 2. The molecule has 0 amide bonds. The van der Waals surface area contributed by atoms with Crippen LogP contribution in [0.15, 0.2) is 12.4 Å². The zero-order chi connectivity index (χ0) is 11.1. The minimum absolute atomic E-state index is 0.500. The summed E-state index contributed by atoms with van der Waals surface area (Å²) in [5.41, 5.74) is 1.09. The van der Waals surface area contributed by atoms with Gasteiger partial charge in [-0.05, 0) is 19.1 Å². The quantitative estimate of drug-likeness (QED) is 0.807. The van der Waals surface area contributed by atoms with Crippen LogP contribution in [0.4, 0.5) is 5.82 Å². The van der Waals surface area contributed by atoms with E-state index in [0.717, 1.165) is 30.1 Å². The molecule has 4 heteroatoms. The summed E-state index contributed by atoms with van der Waals surface area (Å²) < 4.78 is 0. The fraction of sp³-hybridized carbons (Fsp3) is 0.636. The summed E-state index contributed by atoms with van der Waals surface area (Å²) in [5, 5.41) is 3.43. The second-order valence-corrected chi connectivity index (χ2v) is 4.36. The maximum absolute atomic E-state index is 4.23. The Bertz CT molecular complexity index is 291. The summed E-state index contributed by atoms with van der Waals surface area (Å²) >= 11 is 1.86. The average Bonchev–Trinajstić information content (AvgIpc) is 2.29. The zero-order valence-electron chi connectivity index (χ0n) is 9.66. The maximum Gasteiger partial charge on any atom is 0.129 e. The topological polar surface area (TPSA) is 37.8 Å². The van der Waals surface area contributed by atoms with E-state index in [1.54, 1.807) is 6.33 Å². The molecule has 0 saturated heterocycles. The van der Waals surface area contributed by atoms with E-state index in [9.17, 15) is 0 Å². The monoisotopic (exact) mass is 225 g/mol. The van der Waals surface area contributed by atoms with Crippen LogP contribution in [0.25, 0.3) is 0 Å². The number of nitrogens with one attached hydrogen (secondary N) is 1. The van der Waals surface area contributed by atoms with Crippen LogP contribution in [0.3, 0.4) is 0 Å². The molecule has 1 N–H and O–H groups in total. The molecule has 0 saturated carbocycles. The van der Waals surface area contributed by atoms with Gasteiger partial charge < -0.3 is 5.32 Å². The van der Waals surface area contributed by atoms with E-state index >= 15 is 0 Å². The van der Waals surface area contributed by atoms with Gasteiger partial charge in [0.2, 0.25) is 0 Å². The lowest BCUT2D eigenvalue weighted by Crippen LogP contribution is -2.21. The highest BCUT2D eigenvalue weighted by molar-refractivity contribution is 7.98. The van der Waals surface area contributed by atoms with Crippen LogP contribution in [0.5, 0.6) is 0 Å². The van der Waals surface area contributed by atoms with E-state index in [2.05, 4.69) is 35.4 Å². The number of aryl methyl sites for hydroxylation is 1. The van der Waals surface area contributed by atoms with Crippen LogP contribution in [0.1, 0.15) is 26.0 Å². The van der Waals surface area contributed by atoms with Crippen LogP contribution >= 0.6 is 11.8 Å². The lowest BCUT2D eigenvalue weighted by atomic mass is 10.2. The Hall–Kier alpha value is -0.770. The fourth-order valence-electron chi connectivity index (χ4n) is 1.34. The highest BCUT2D eigenvalue weighted by atomic mass is 32.2. The smallest absolute Gasteiger partial charge is 0.129 e. The highest BCUT2D eigenvalue weighted by Crippen LogP contribution is 2.10. The summed E-state index contributed by atoms with van der Waals surface area (Å²) in [6, 6.07) is 2.53. The van der Waals surface area contributed by atoms with Gasteiger partial charge in [-0.2, -0.15) is 11.8 Å². The third kappa shape index (κ3) is 4.08. The number of rotatable bonds is 6. The molecule has 1 aromatic rings. The standard InChI is InChI=1S/C11H19N3S/c1-4-9-6-11(13-8-12-9)14-10(5-2)7-15-3/h6,8,10H,4-5,7H2,1-3H3,(H,12,13,14). The van der Waals surface area contributed by atoms with Gasteiger partial charge in [0.05, 0.1) is 0 Å². The fourth-order valence-corrected chi connectivity index (χ4v) is 2.06. The molecule has 1 unspecified atom stereocenters. The van der Waals surface area contributed by atoms with Crippen LogP contribution in [-0.4, -0.2) is 28.0 Å². The van der Waals surface area contributed by atoms with Crippen molar-refractivity contribution in [3.05, 3.63) is 18.1 Å². The van der Waals surface area contributed by atoms with Gasteiger partial charge >= 0.3 is 0 Å². The second kappa shape index (κ2) is 6.67. The van der Waals surface area contributed by atoms with Crippen molar-refractivity contribution < 1.29 is 0 Å². The molecule has 0 aliphatic heterocycles. The number of aromatic nitrogens is 2. The Balaban J connectivity index is 2.61. The van der Waals surface area contributed by atoms with Crippen LogP contribution < -0.4 is 5.32 Å². The molecular weight excluding hydrogens is 206 g/mol. The molecule has 0 bridgehead atoms. The molecule has 1 rings (SSSR count). The van der Waals surface area contributed by atoms with Crippen LogP contribution in [0, 0.1) is 0 Å². The van der Waals surface area contributed by atoms with Gasteiger partial charge in [-0.1, -0.05) is 13.8 Å². The third-order valence-electron chi connectivity index (χ3n) is 2.30. The first-order valence-electron chi connectivity index (χ1n) is 5.36. The van der Waals surface area contributed by atoms with Gasteiger partial charge in [0.15, 0.2) is 0 Å². The molecule has 1 aromatic heterocycles. The van der Waals surface area contributed by atoms with E-state index in [4.69, 9.17) is 0 Å². The van der Waals surface area contributed by atoms with Gasteiger partial charge in [-0.15, -0.1) is 0 Å². The highest BCUT2D eigenvalue weighted by Gasteiger charge is 2.06. The van der Waals surface area contributed by atoms with E-state index in [0.29, 0.717) is 6.04 Å². The second-order valence-electron chi connectivity index (χ2n) is 3.45. The van der Waals surface area contributed by atoms with Crippen molar-refractivity contribution in [2.24, 2.45) is 0 Å². The van der Waals surface area contributed by atoms with Crippen molar-refractivity contribution >= 4 is 17.6 Å². The van der Waals surface area contributed by atoms with Crippen molar-refractivity contribution in [2.45, 2.75) is 32.7 Å². The SMILES string of the molecule is CCc1cc(NC(CC)CSC)ncn1. The summed E-state index contributed by atoms with van der Waals surface area (Å²) in [6.45, 7) is 4.29. The van der Waals surface area contributed by atoms with Gasteiger partial charge in [-0.3, -0.25) is 0 Å².